The zero-order valence-electron chi connectivity index (χ0n) is 13.3. The number of nitrogens with zero attached hydrogens (tertiary/aromatic N) is 4. The van der Waals surface area contributed by atoms with E-state index >= 15 is 0 Å². The summed E-state index contributed by atoms with van der Waals surface area (Å²) in [6.07, 6.45) is 0.187. The molecule has 0 saturated carbocycles. The van der Waals surface area contributed by atoms with Gasteiger partial charge in [-0.05, 0) is 18.9 Å². The van der Waals surface area contributed by atoms with Gasteiger partial charge in [-0.15, -0.1) is 0 Å². The van der Waals surface area contributed by atoms with Crippen molar-refractivity contribution in [2.24, 2.45) is 0 Å². The van der Waals surface area contributed by atoms with E-state index in [9.17, 15) is 14.0 Å². The largest absolute Gasteiger partial charge is 0.329 e. The van der Waals surface area contributed by atoms with E-state index in [1.807, 2.05) is 20.8 Å². The van der Waals surface area contributed by atoms with E-state index in [1.165, 1.54) is 11.0 Å². The van der Waals surface area contributed by atoms with Crippen molar-refractivity contribution in [1.82, 2.24) is 20.1 Å². The van der Waals surface area contributed by atoms with Gasteiger partial charge in [-0.3, -0.25) is 15.0 Å². The van der Waals surface area contributed by atoms with E-state index < -0.39 is 11.8 Å². The Morgan fingerprint density at radius 1 is 1.39 bits per heavy atom. The van der Waals surface area contributed by atoms with Gasteiger partial charge in [0.05, 0.1) is 11.1 Å². The number of carbonyl (C=O) groups excluding carboxylic acids is 2. The van der Waals surface area contributed by atoms with Crippen LogP contribution in [0.4, 0.5) is 15.0 Å². The van der Waals surface area contributed by atoms with Gasteiger partial charge in [0, 0.05) is 19.5 Å². The maximum Gasteiger partial charge on any atom is 0.329 e. The van der Waals surface area contributed by atoms with E-state index in [-0.39, 0.29) is 24.8 Å². The molecule has 1 N–H and O–H groups in total. The van der Waals surface area contributed by atoms with Gasteiger partial charge in [0.2, 0.25) is 5.91 Å². The highest BCUT2D eigenvalue weighted by atomic mass is 19.1. The van der Waals surface area contributed by atoms with Crippen molar-refractivity contribution in [3.63, 3.8) is 0 Å². The number of aryl methyl sites for hydroxylation is 1. The van der Waals surface area contributed by atoms with Crippen LogP contribution in [0.15, 0.2) is 6.07 Å². The van der Waals surface area contributed by atoms with Crippen molar-refractivity contribution < 1.29 is 14.0 Å². The SMILES string of the molecule is CCn1nc(N2CCC(=O)NC2=O)c2cc(F)c(C(C)C)nc21. The van der Waals surface area contributed by atoms with Crippen molar-refractivity contribution in [3.05, 3.63) is 17.6 Å². The highest BCUT2D eigenvalue weighted by Gasteiger charge is 2.29. The predicted molar refractivity (Wildman–Crippen MR) is 82.8 cm³/mol. The van der Waals surface area contributed by atoms with E-state index in [1.54, 1.807) is 4.68 Å². The molecule has 0 spiro atoms. The number of hydrogen-bond acceptors (Lipinski definition) is 4. The van der Waals surface area contributed by atoms with Gasteiger partial charge in [0.25, 0.3) is 0 Å². The van der Waals surface area contributed by atoms with Crippen LogP contribution in [0.3, 0.4) is 0 Å². The summed E-state index contributed by atoms with van der Waals surface area (Å²) < 4.78 is 16.0. The van der Waals surface area contributed by atoms with Crippen LogP contribution < -0.4 is 10.2 Å². The summed E-state index contributed by atoms with van der Waals surface area (Å²) in [5.74, 6) is -0.470. The minimum Gasteiger partial charge on any atom is -0.278 e. The molecule has 1 aliphatic heterocycles. The molecule has 1 saturated heterocycles. The summed E-state index contributed by atoms with van der Waals surface area (Å²) >= 11 is 0. The number of amides is 3. The van der Waals surface area contributed by atoms with Crippen molar-refractivity contribution in [2.75, 3.05) is 11.4 Å². The van der Waals surface area contributed by atoms with Crippen LogP contribution in [0.2, 0.25) is 0 Å². The lowest BCUT2D eigenvalue weighted by molar-refractivity contribution is -0.120. The number of nitrogens with one attached hydrogen (secondary N) is 1. The second-order valence-corrected chi connectivity index (χ2v) is 5.78. The highest BCUT2D eigenvalue weighted by Crippen LogP contribution is 2.29. The van der Waals surface area contributed by atoms with Crippen LogP contribution in [0.1, 0.15) is 38.8 Å². The number of carbonyl (C=O) groups is 2. The lowest BCUT2D eigenvalue weighted by Gasteiger charge is -2.24. The number of anilines is 1. The molecule has 8 heteroatoms. The molecule has 0 bridgehead atoms. The molecule has 3 amide bonds. The van der Waals surface area contributed by atoms with Crippen LogP contribution in [-0.4, -0.2) is 33.2 Å². The molecule has 0 atom stereocenters. The maximum absolute atomic E-state index is 14.3. The Kier molecular flexibility index (Phi) is 3.75. The quantitative estimate of drug-likeness (QED) is 0.940. The van der Waals surface area contributed by atoms with Crippen LogP contribution in [-0.2, 0) is 11.3 Å². The fourth-order valence-electron chi connectivity index (χ4n) is 2.66. The third-order valence-corrected chi connectivity index (χ3v) is 3.84. The summed E-state index contributed by atoms with van der Waals surface area (Å²) in [6, 6.07) is 0.827. The smallest absolute Gasteiger partial charge is 0.278 e. The van der Waals surface area contributed by atoms with Crippen molar-refractivity contribution in [2.45, 2.75) is 39.7 Å². The van der Waals surface area contributed by atoms with Crippen LogP contribution in [0.5, 0.6) is 0 Å². The maximum atomic E-state index is 14.3. The van der Waals surface area contributed by atoms with Crippen LogP contribution >= 0.6 is 0 Å². The fourth-order valence-corrected chi connectivity index (χ4v) is 2.66. The second-order valence-electron chi connectivity index (χ2n) is 5.78. The molecular weight excluding hydrogens is 301 g/mol. The van der Waals surface area contributed by atoms with Crippen LogP contribution in [0.25, 0.3) is 11.0 Å². The average Bonchev–Trinajstić information content (AvgIpc) is 2.83. The summed E-state index contributed by atoms with van der Waals surface area (Å²) in [5.41, 5.74) is 0.911. The first kappa shape index (κ1) is 15.4. The molecule has 122 valence electrons. The first-order valence-electron chi connectivity index (χ1n) is 7.60. The zero-order chi connectivity index (χ0) is 16.7. The van der Waals surface area contributed by atoms with Gasteiger partial charge >= 0.3 is 6.03 Å². The van der Waals surface area contributed by atoms with Crippen molar-refractivity contribution in [3.8, 4) is 0 Å². The van der Waals surface area contributed by atoms with Gasteiger partial charge in [0.15, 0.2) is 11.5 Å². The average molecular weight is 319 g/mol. The lowest BCUT2D eigenvalue weighted by Crippen LogP contribution is -2.49. The molecule has 2 aromatic rings. The monoisotopic (exact) mass is 319 g/mol. The molecule has 1 fully saturated rings. The van der Waals surface area contributed by atoms with Gasteiger partial charge in [-0.25, -0.2) is 18.9 Å². The van der Waals surface area contributed by atoms with Crippen molar-refractivity contribution in [1.29, 1.82) is 0 Å². The number of halogens is 1. The minimum atomic E-state index is -0.544. The highest BCUT2D eigenvalue weighted by molar-refractivity contribution is 6.08. The summed E-state index contributed by atoms with van der Waals surface area (Å²) in [7, 11) is 0. The topological polar surface area (TPSA) is 80.1 Å². The van der Waals surface area contributed by atoms with E-state index in [4.69, 9.17) is 0 Å². The lowest BCUT2D eigenvalue weighted by atomic mass is 10.1. The first-order chi connectivity index (χ1) is 10.9. The molecule has 23 heavy (non-hydrogen) atoms. The number of urea groups is 1. The van der Waals surface area contributed by atoms with E-state index in [0.717, 1.165) is 0 Å². The molecule has 3 rings (SSSR count). The Hall–Kier alpha value is -2.51. The Balaban J connectivity index is 2.16. The van der Waals surface area contributed by atoms with E-state index in [0.29, 0.717) is 29.1 Å². The normalized spacial score (nSPS) is 15.6. The Bertz CT molecular complexity index is 799. The molecule has 0 aliphatic carbocycles. The minimum absolute atomic E-state index is 0.0565. The number of rotatable bonds is 3. The molecule has 7 nitrogen and oxygen atoms in total. The predicted octanol–water partition coefficient (Wildman–Crippen LogP) is 2.16. The van der Waals surface area contributed by atoms with Crippen molar-refractivity contribution >= 4 is 28.8 Å². The summed E-state index contributed by atoms with van der Waals surface area (Å²) in [4.78, 5) is 29.1. The molecular formula is C15H18FN5O2. The molecule has 1 aliphatic rings. The third-order valence-electron chi connectivity index (χ3n) is 3.84. The molecule has 0 unspecified atom stereocenters. The second kappa shape index (κ2) is 5.60. The number of aromatic nitrogens is 3. The third kappa shape index (κ3) is 2.54. The summed E-state index contributed by atoms with van der Waals surface area (Å²) in [5, 5.41) is 7.11. The summed E-state index contributed by atoms with van der Waals surface area (Å²) in [6.45, 7) is 6.40. The molecule has 0 radical (unpaired) electrons. The van der Waals surface area contributed by atoms with Gasteiger partial charge in [-0.2, -0.15) is 5.10 Å². The number of imide groups is 1. The number of pyridine rings is 1. The molecule has 3 heterocycles. The van der Waals surface area contributed by atoms with Gasteiger partial charge in [-0.1, -0.05) is 13.8 Å². The fraction of sp³-hybridized carbons (Fsp3) is 0.467. The first-order valence-corrected chi connectivity index (χ1v) is 7.60. The van der Waals surface area contributed by atoms with E-state index in [2.05, 4.69) is 15.4 Å². The molecule has 2 aromatic heterocycles. The van der Waals surface area contributed by atoms with Gasteiger partial charge in [0.1, 0.15) is 5.82 Å². The molecule has 0 aromatic carbocycles. The Morgan fingerprint density at radius 2 is 2.13 bits per heavy atom. The van der Waals surface area contributed by atoms with Gasteiger partial charge < -0.3 is 0 Å². The number of fused-ring (bicyclic) bond motifs is 1. The standard InChI is InChI=1S/C15H18FN5O2/c1-4-21-13-9(7-10(16)12(18-13)8(2)3)14(19-21)20-6-5-11(22)17-15(20)23/h7-8H,4-6H2,1-3H3,(H,17,22,23). The number of hydrogen-bond donors (Lipinski definition) is 1. The van der Waals surface area contributed by atoms with Crippen LogP contribution in [0, 0.1) is 5.82 Å². The zero-order valence-corrected chi connectivity index (χ0v) is 13.3. The Labute approximate surface area is 132 Å². The Morgan fingerprint density at radius 3 is 2.74 bits per heavy atom.